The van der Waals surface area contributed by atoms with Crippen molar-refractivity contribution >= 4 is 5.71 Å². The quantitative estimate of drug-likeness (QED) is 0.771. The molecule has 0 aromatic heterocycles. The van der Waals surface area contributed by atoms with E-state index in [2.05, 4.69) is 10.5 Å². The van der Waals surface area contributed by atoms with Crippen molar-refractivity contribution in [3.05, 3.63) is 35.9 Å². The molecule has 1 aliphatic rings. The molecule has 1 aromatic rings. The Bertz CT molecular complexity index is 416. The van der Waals surface area contributed by atoms with E-state index in [1.165, 1.54) is 0 Å². The Morgan fingerprint density at radius 1 is 1.25 bits per heavy atom. The van der Waals surface area contributed by atoms with Crippen LogP contribution in [0.2, 0.25) is 0 Å². The van der Waals surface area contributed by atoms with Crippen LogP contribution < -0.4 is 5.43 Å². The third-order valence-corrected chi connectivity index (χ3v) is 2.38. The summed E-state index contributed by atoms with van der Waals surface area (Å²) in [4.78, 5) is 0. The van der Waals surface area contributed by atoms with Gasteiger partial charge in [-0.25, -0.2) is 0 Å². The van der Waals surface area contributed by atoms with Crippen LogP contribution in [-0.2, 0) is 5.72 Å². The number of halogens is 3. The van der Waals surface area contributed by atoms with Gasteiger partial charge in [-0.05, 0) is 0 Å². The van der Waals surface area contributed by atoms with Crippen LogP contribution in [-0.4, -0.2) is 17.0 Å². The first-order chi connectivity index (χ1) is 7.42. The van der Waals surface area contributed by atoms with E-state index in [4.69, 9.17) is 0 Å². The van der Waals surface area contributed by atoms with Crippen molar-refractivity contribution in [1.29, 1.82) is 0 Å². The van der Waals surface area contributed by atoms with Crippen molar-refractivity contribution in [3.63, 3.8) is 0 Å². The van der Waals surface area contributed by atoms with Crippen LogP contribution in [0.3, 0.4) is 0 Å². The molecular formula is C10H9F3N2O. The van der Waals surface area contributed by atoms with Gasteiger partial charge in [-0.1, -0.05) is 30.3 Å². The minimum atomic E-state index is -4.51. The van der Waals surface area contributed by atoms with Gasteiger partial charge in [0.2, 0.25) is 0 Å². The van der Waals surface area contributed by atoms with Gasteiger partial charge in [0, 0.05) is 5.56 Å². The third-order valence-electron chi connectivity index (χ3n) is 2.38. The number of nitrogens with one attached hydrogen (secondary N) is 1. The van der Waals surface area contributed by atoms with Gasteiger partial charge >= 0.3 is 6.18 Å². The van der Waals surface area contributed by atoms with E-state index in [9.17, 15) is 18.3 Å². The van der Waals surface area contributed by atoms with Gasteiger partial charge in [0.15, 0.2) is 5.72 Å². The van der Waals surface area contributed by atoms with Crippen molar-refractivity contribution in [1.82, 2.24) is 5.43 Å². The molecule has 0 aliphatic carbocycles. The van der Waals surface area contributed by atoms with Crippen molar-refractivity contribution in [3.8, 4) is 0 Å². The number of aliphatic hydroxyl groups is 1. The third kappa shape index (κ3) is 1.88. The highest BCUT2D eigenvalue weighted by Gasteiger charge is 2.46. The van der Waals surface area contributed by atoms with Gasteiger partial charge in [-0.3, -0.25) is 5.43 Å². The van der Waals surface area contributed by atoms with E-state index in [-0.39, 0.29) is 0 Å². The molecule has 86 valence electrons. The lowest BCUT2D eigenvalue weighted by Crippen LogP contribution is -2.36. The van der Waals surface area contributed by atoms with E-state index in [0.717, 1.165) is 0 Å². The first-order valence-electron chi connectivity index (χ1n) is 4.61. The molecule has 6 heteroatoms. The molecule has 1 atom stereocenters. The van der Waals surface area contributed by atoms with Gasteiger partial charge in [0.1, 0.15) is 5.71 Å². The van der Waals surface area contributed by atoms with Crippen LogP contribution in [0.1, 0.15) is 12.0 Å². The standard InChI is InChI=1S/C10H9F3N2O/c11-10(12,13)8-6-9(16,15-14-8)7-4-2-1-3-5-7/h1-5,15-16H,6H2. The molecule has 2 rings (SSSR count). The second-order valence-corrected chi connectivity index (χ2v) is 3.57. The summed E-state index contributed by atoms with van der Waals surface area (Å²) in [5.74, 6) is 0. The van der Waals surface area contributed by atoms with Crippen LogP contribution in [0, 0.1) is 0 Å². The van der Waals surface area contributed by atoms with Crippen LogP contribution in [0.25, 0.3) is 0 Å². The topological polar surface area (TPSA) is 44.6 Å². The molecule has 0 saturated carbocycles. The molecule has 2 N–H and O–H groups in total. The van der Waals surface area contributed by atoms with Crippen LogP contribution >= 0.6 is 0 Å². The zero-order valence-corrected chi connectivity index (χ0v) is 8.12. The summed E-state index contributed by atoms with van der Waals surface area (Å²) in [6, 6.07) is 8.08. The number of hydrogen-bond acceptors (Lipinski definition) is 3. The van der Waals surface area contributed by atoms with E-state index in [1.54, 1.807) is 30.3 Å². The Kier molecular flexibility index (Phi) is 2.38. The monoisotopic (exact) mass is 230 g/mol. The highest BCUT2D eigenvalue weighted by atomic mass is 19.4. The van der Waals surface area contributed by atoms with Crippen molar-refractivity contribution in [2.45, 2.75) is 18.3 Å². The Morgan fingerprint density at radius 3 is 2.38 bits per heavy atom. The molecule has 0 radical (unpaired) electrons. The van der Waals surface area contributed by atoms with E-state index < -0.39 is 24.0 Å². The summed E-state index contributed by atoms with van der Waals surface area (Å²) in [5, 5.41) is 13.1. The van der Waals surface area contributed by atoms with E-state index in [1.807, 2.05) is 0 Å². The average Bonchev–Trinajstić information content (AvgIpc) is 2.63. The first-order valence-corrected chi connectivity index (χ1v) is 4.61. The number of hydrogen-bond donors (Lipinski definition) is 2. The molecule has 0 fully saturated rings. The maximum absolute atomic E-state index is 12.3. The van der Waals surface area contributed by atoms with Gasteiger partial charge in [0.25, 0.3) is 0 Å². The summed E-state index contributed by atoms with van der Waals surface area (Å²) < 4.78 is 37.0. The fraction of sp³-hybridized carbons (Fsp3) is 0.300. The van der Waals surface area contributed by atoms with Crippen LogP contribution in [0.5, 0.6) is 0 Å². The number of benzene rings is 1. The number of alkyl halides is 3. The van der Waals surface area contributed by atoms with Crippen molar-refractivity contribution in [2.24, 2.45) is 5.10 Å². The fourth-order valence-corrected chi connectivity index (χ4v) is 1.53. The molecule has 1 aromatic carbocycles. The molecule has 0 bridgehead atoms. The Morgan fingerprint density at radius 2 is 1.88 bits per heavy atom. The molecule has 0 amide bonds. The predicted molar refractivity (Wildman–Crippen MR) is 51.6 cm³/mol. The summed E-state index contributed by atoms with van der Waals surface area (Å²) >= 11 is 0. The Labute approximate surface area is 89.6 Å². The highest BCUT2D eigenvalue weighted by Crippen LogP contribution is 2.32. The van der Waals surface area contributed by atoms with Gasteiger partial charge in [-0.2, -0.15) is 18.3 Å². The normalized spacial score (nSPS) is 25.1. The molecule has 16 heavy (non-hydrogen) atoms. The van der Waals surface area contributed by atoms with Gasteiger partial charge in [0.05, 0.1) is 6.42 Å². The largest absolute Gasteiger partial charge is 0.431 e. The summed E-state index contributed by atoms with van der Waals surface area (Å²) in [7, 11) is 0. The minimum absolute atomic E-state index is 0.359. The van der Waals surface area contributed by atoms with Crippen molar-refractivity contribution in [2.75, 3.05) is 0 Å². The number of hydrazone groups is 1. The maximum Gasteiger partial charge on any atom is 0.431 e. The van der Waals surface area contributed by atoms with Crippen LogP contribution in [0.15, 0.2) is 35.4 Å². The average molecular weight is 230 g/mol. The molecule has 0 spiro atoms. The van der Waals surface area contributed by atoms with Crippen LogP contribution in [0.4, 0.5) is 13.2 Å². The summed E-state index contributed by atoms with van der Waals surface area (Å²) in [6.45, 7) is 0. The minimum Gasteiger partial charge on any atom is -0.365 e. The molecule has 1 heterocycles. The lowest BCUT2D eigenvalue weighted by atomic mass is 9.98. The lowest BCUT2D eigenvalue weighted by Gasteiger charge is -2.22. The predicted octanol–water partition coefficient (Wildman–Crippen LogP) is 1.74. The van der Waals surface area contributed by atoms with E-state index >= 15 is 0 Å². The second kappa shape index (κ2) is 3.48. The number of rotatable bonds is 1. The first kappa shape index (κ1) is 10.9. The molecular weight excluding hydrogens is 221 g/mol. The van der Waals surface area contributed by atoms with Crippen molar-refractivity contribution < 1.29 is 18.3 Å². The molecule has 1 unspecified atom stereocenters. The fourth-order valence-electron chi connectivity index (χ4n) is 1.53. The molecule has 3 nitrogen and oxygen atoms in total. The maximum atomic E-state index is 12.3. The SMILES string of the molecule is OC1(c2ccccc2)CC(C(F)(F)F)=NN1. The zero-order chi connectivity index (χ0) is 11.8. The number of nitrogens with zero attached hydrogens (tertiary/aromatic N) is 1. The summed E-state index contributed by atoms with van der Waals surface area (Å²) in [6.07, 6.45) is -5.09. The molecule has 1 aliphatic heterocycles. The van der Waals surface area contributed by atoms with E-state index in [0.29, 0.717) is 5.56 Å². The second-order valence-electron chi connectivity index (χ2n) is 3.57. The molecule has 0 saturated heterocycles. The highest BCUT2D eigenvalue weighted by molar-refractivity contribution is 5.91. The smallest absolute Gasteiger partial charge is 0.365 e. The zero-order valence-electron chi connectivity index (χ0n) is 8.12. The summed E-state index contributed by atoms with van der Waals surface area (Å²) in [5.41, 5.74) is -0.270. The Balaban J connectivity index is 2.22. The lowest BCUT2D eigenvalue weighted by molar-refractivity contribution is -0.0630. The Hall–Kier alpha value is -1.56. The van der Waals surface area contributed by atoms with Gasteiger partial charge < -0.3 is 5.11 Å². The van der Waals surface area contributed by atoms with Gasteiger partial charge in [-0.15, -0.1) is 0 Å².